The molecule has 0 aromatic heterocycles. The Bertz CT molecular complexity index is 604. The SMILES string of the molecule is Cc1ccc(CN)c(-c2cccc3c2OCCC3)c1. The Morgan fingerprint density at radius 1 is 1.16 bits per heavy atom. The van der Waals surface area contributed by atoms with Crippen molar-refractivity contribution < 1.29 is 4.74 Å². The maximum atomic E-state index is 5.91. The fourth-order valence-electron chi connectivity index (χ4n) is 2.72. The lowest BCUT2D eigenvalue weighted by molar-refractivity contribution is 0.289. The van der Waals surface area contributed by atoms with Crippen LogP contribution >= 0.6 is 0 Å². The first-order valence-electron chi connectivity index (χ1n) is 6.84. The Kier molecular flexibility index (Phi) is 3.26. The van der Waals surface area contributed by atoms with Gasteiger partial charge >= 0.3 is 0 Å². The van der Waals surface area contributed by atoms with E-state index in [1.807, 2.05) is 0 Å². The second-order valence-corrected chi connectivity index (χ2v) is 5.11. The van der Waals surface area contributed by atoms with Gasteiger partial charge in [0.05, 0.1) is 6.61 Å². The van der Waals surface area contributed by atoms with Crippen LogP contribution in [0.4, 0.5) is 0 Å². The Hall–Kier alpha value is -1.80. The minimum absolute atomic E-state index is 0.555. The lowest BCUT2D eigenvalue weighted by atomic mass is 9.93. The number of rotatable bonds is 2. The van der Waals surface area contributed by atoms with Crippen molar-refractivity contribution in [1.29, 1.82) is 0 Å². The third kappa shape index (κ3) is 2.24. The summed E-state index contributed by atoms with van der Waals surface area (Å²) in [7, 11) is 0. The van der Waals surface area contributed by atoms with Gasteiger partial charge in [0.1, 0.15) is 5.75 Å². The summed E-state index contributed by atoms with van der Waals surface area (Å²) >= 11 is 0. The zero-order valence-electron chi connectivity index (χ0n) is 11.3. The molecule has 1 heterocycles. The van der Waals surface area contributed by atoms with E-state index < -0.39 is 0 Å². The molecule has 2 nitrogen and oxygen atoms in total. The van der Waals surface area contributed by atoms with E-state index in [1.54, 1.807) is 0 Å². The number of ether oxygens (including phenoxy) is 1. The van der Waals surface area contributed by atoms with Crippen LogP contribution in [-0.4, -0.2) is 6.61 Å². The van der Waals surface area contributed by atoms with E-state index in [0.29, 0.717) is 6.54 Å². The molecule has 0 fully saturated rings. The van der Waals surface area contributed by atoms with Gasteiger partial charge in [-0.25, -0.2) is 0 Å². The van der Waals surface area contributed by atoms with Crippen LogP contribution in [0.25, 0.3) is 11.1 Å². The predicted octanol–water partition coefficient (Wildman–Crippen LogP) is 3.45. The standard InChI is InChI=1S/C17H19NO/c1-12-7-8-14(11-18)16(10-12)15-6-2-4-13-5-3-9-19-17(13)15/h2,4,6-8,10H,3,5,9,11,18H2,1H3. The lowest BCUT2D eigenvalue weighted by Gasteiger charge is -2.21. The van der Waals surface area contributed by atoms with Gasteiger partial charge in [-0.15, -0.1) is 0 Å². The summed E-state index contributed by atoms with van der Waals surface area (Å²) in [4.78, 5) is 0. The maximum absolute atomic E-state index is 5.91. The number of fused-ring (bicyclic) bond motifs is 1. The molecule has 3 rings (SSSR count). The molecule has 2 aromatic carbocycles. The van der Waals surface area contributed by atoms with E-state index in [2.05, 4.69) is 43.3 Å². The highest BCUT2D eigenvalue weighted by Crippen LogP contribution is 2.37. The first kappa shape index (κ1) is 12.2. The van der Waals surface area contributed by atoms with Crippen molar-refractivity contribution in [2.45, 2.75) is 26.3 Å². The molecule has 0 aliphatic carbocycles. The fourth-order valence-corrected chi connectivity index (χ4v) is 2.72. The van der Waals surface area contributed by atoms with Gasteiger partial charge in [-0.1, -0.05) is 42.0 Å². The third-order valence-corrected chi connectivity index (χ3v) is 3.71. The number of hydrogen-bond donors (Lipinski definition) is 1. The molecule has 0 atom stereocenters. The van der Waals surface area contributed by atoms with Crippen LogP contribution in [0.2, 0.25) is 0 Å². The number of aryl methyl sites for hydroxylation is 2. The quantitative estimate of drug-likeness (QED) is 0.889. The fraction of sp³-hybridized carbons (Fsp3) is 0.294. The van der Waals surface area contributed by atoms with Crippen molar-refractivity contribution in [2.75, 3.05) is 6.61 Å². The normalized spacial score (nSPS) is 13.8. The van der Waals surface area contributed by atoms with Gasteiger partial charge in [0.25, 0.3) is 0 Å². The molecule has 0 saturated carbocycles. The topological polar surface area (TPSA) is 35.2 Å². The Balaban J connectivity index is 2.19. The van der Waals surface area contributed by atoms with E-state index in [9.17, 15) is 0 Å². The highest BCUT2D eigenvalue weighted by atomic mass is 16.5. The summed E-state index contributed by atoms with van der Waals surface area (Å²) < 4.78 is 5.91. The molecule has 0 unspecified atom stereocenters. The molecular weight excluding hydrogens is 234 g/mol. The molecule has 0 bridgehead atoms. The first-order chi connectivity index (χ1) is 9.29. The summed E-state index contributed by atoms with van der Waals surface area (Å²) in [5.74, 6) is 1.05. The Morgan fingerprint density at radius 2 is 2.05 bits per heavy atom. The molecule has 0 radical (unpaired) electrons. The van der Waals surface area contributed by atoms with Gasteiger partial charge in [0.15, 0.2) is 0 Å². The molecule has 0 saturated heterocycles. The van der Waals surface area contributed by atoms with Crippen LogP contribution < -0.4 is 10.5 Å². The van der Waals surface area contributed by atoms with E-state index in [1.165, 1.54) is 27.8 Å². The lowest BCUT2D eigenvalue weighted by Crippen LogP contribution is -2.10. The van der Waals surface area contributed by atoms with Crippen molar-refractivity contribution in [1.82, 2.24) is 0 Å². The molecule has 0 spiro atoms. The summed E-state index contributed by atoms with van der Waals surface area (Å²) in [6.07, 6.45) is 2.21. The second-order valence-electron chi connectivity index (χ2n) is 5.11. The van der Waals surface area contributed by atoms with Gasteiger partial charge in [0, 0.05) is 12.1 Å². The minimum atomic E-state index is 0.555. The van der Waals surface area contributed by atoms with Crippen LogP contribution in [0.1, 0.15) is 23.1 Å². The molecule has 2 aromatic rings. The Morgan fingerprint density at radius 3 is 2.89 bits per heavy atom. The second kappa shape index (κ2) is 5.06. The first-order valence-corrected chi connectivity index (χ1v) is 6.84. The minimum Gasteiger partial charge on any atom is -0.493 e. The zero-order valence-corrected chi connectivity index (χ0v) is 11.3. The molecule has 1 aliphatic rings. The summed E-state index contributed by atoms with van der Waals surface area (Å²) in [6.45, 7) is 3.48. The van der Waals surface area contributed by atoms with Gasteiger partial charge < -0.3 is 10.5 Å². The van der Waals surface area contributed by atoms with Crippen LogP contribution in [0.5, 0.6) is 5.75 Å². The van der Waals surface area contributed by atoms with Crippen molar-refractivity contribution in [3.8, 4) is 16.9 Å². The summed E-state index contributed by atoms with van der Waals surface area (Å²) in [6, 6.07) is 12.9. The van der Waals surface area contributed by atoms with Gasteiger partial charge in [-0.3, -0.25) is 0 Å². The van der Waals surface area contributed by atoms with Crippen molar-refractivity contribution >= 4 is 0 Å². The number of hydrogen-bond acceptors (Lipinski definition) is 2. The predicted molar refractivity (Wildman–Crippen MR) is 78.3 cm³/mol. The smallest absolute Gasteiger partial charge is 0.130 e. The molecule has 2 heteroatoms. The monoisotopic (exact) mass is 253 g/mol. The van der Waals surface area contributed by atoms with Crippen molar-refractivity contribution in [3.63, 3.8) is 0 Å². The van der Waals surface area contributed by atoms with E-state index in [4.69, 9.17) is 10.5 Å². The average Bonchev–Trinajstić information content (AvgIpc) is 2.46. The van der Waals surface area contributed by atoms with E-state index in [-0.39, 0.29) is 0 Å². The third-order valence-electron chi connectivity index (χ3n) is 3.71. The van der Waals surface area contributed by atoms with Gasteiger partial charge in [-0.05, 0) is 36.5 Å². The molecule has 19 heavy (non-hydrogen) atoms. The van der Waals surface area contributed by atoms with Crippen LogP contribution in [0.15, 0.2) is 36.4 Å². The molecule has 1 aliphatic heterocycles. The summed E-state index contributed by atoms with van der Waals surface area (Å²) in [5, 5.41) is 0. The zero-order chi connectivity index (χ0) is 13.2. The summed E-state index contributed by atoms with van der Waals surface area (Å²) in [5.41, 5.74) is 12.0. The van der Waals surface area contributed by atoms with Crippen LogP contribution in [-0.2, 0) is 13.0 Å². The molecule has 0 amide bonds. The number of para-hydroxylation sites is 1. The van der Waals surface area contributed by atoms with Crippen molar-refractivity contribution in [2.24, 2.45) is 5.73 Å². The highest BCUT2D eigenvalue weighted by Gasteiger charge is 2.17. The van der Waals surface area contributed by atoms with Gasteiger partial charge in [0.2, 0.25) is 0 Å². The van der Waals surface area contributed by atoms with Gasteiger partial charge in [-0.2, -0.15) is 0 Å². The highest BCUT2D eigenvalue weighted by molar-refractivity contribution is 5.75. The number of nitrogens with two attached hydrogens (primary N) is 1. The Labute approximate surface area is 114 Å². The number of benzene rings is 2. The molecule has 2 N–H and O–H groups in total. The van der Waals surface area contributed by atoms with Crippen molar-refractivity contribution in [3.05, 3.63) is 53.1 Å². The average molecular weight is 253 g/mol. The molecule has 98 valence electrons. The van der Waals surface area contributed by atoms with Crippen LogP contribution in [0, 0.1) is 6.92 Å². The molecular formula is C17H19NO. The largest absolute Gasteiger partial charge is 0.493 e. The maximum Gasteiger partial charge on any atom is 0.130 e. The van der Waals surface area contributed by atoms with E-state index >= 15 is 0 Å². The van der Waals surface area contributed by atoms with E-state index in [0.717, 1.165) is 25.2 Å². The van der Waals surface area contributed by atoms with Crippen LogP contribution in [0.3, 0.4) is 0 Å².